The molecule has 1 atom stereocenters. The van der Waals surface area contributed by atoms with E-state index in [1.54, 1.807) is 0 Å². The van der Waals surface area contributed by atoms with E-state index in [9.17, 15) is 18.3 Å². The quantitative estimate of drug-likeness (QED) is 0.674. The molecular weight excluding hydrogens is 294 g/mol. The Kier molecular flexibility index (Phi) is 6.32. The lowest BCUT2D eigenvalue weighted by Gasteiger charge is -2.20. The van der Waals surface area contributed by atoms with Crippen LogP contribution < -0.4 is 4.72 Å². The molecule has 21 heavy (non-hydrogen) atoms. The van der Waals surface area contributed by atoms with Gasteiger partial charge >= 0.3 is 5.97 Å². The normalized spacial score (nSPS) is 13.3. The second kappa shape index (κ2) is 7.53. The number of sulfonamides is 1. The number of hydrogen-bond donors (Lipinski definition) is 3. The molecule has 6 nitrogen and oxygen atoms in total. The van der Waals surface area contributed by atoms with Gasteiger partial charge in [-0.05, 0) is 24.1 Å². The molecule has 0 aromatic heterocycles. The number of benzene rings is 1. The molecular formula is C14H21NO5S. The van der Waals surface area contributed by atoms with Crippen molar-refractivity contribution in [1.29, 1.82) is 0 Å². The van der Waals surface area contributed by atoms with Crippen LogP contribution in [0.5, 0.6) is 0 Å². The zero-order chi connectivity index (χ0) is 16.0. The van der Waals surface area contributed by atoms with E-state index >= 15 is 0 Å². The first-order valence-corrected chi connectivity index (χ1v) is 8.31. The van der Waals surface area contributed by atoms with E-state index in [1.807, 2.05) is 13.8 Å². The number of carboxylic acid groups (broad SMARTS) is 1. The summed E-state index contributed by atoms with van der Waals surface area (Å²) >= 11 is 0. The number of aliphatic hydroxyl groups excluding tert-OH is 1. The Balaban J connectivity index is 2.82. The number of carbonyl (C=O) groups is 1. The lowest BCUT2D eigenvalue weighted by Crippen LogP contribution is -2.36. The molecule has 0 aliphatic carbocycles. The Morgan fingerprint density at radius 2 is 1.90 bits per heavy atom. The number of carboxylic acids is 1. The Morgan fingerprint density at radius 1 is 1.29 bits per heavy atom. The summed E-state index contributed by atoms with van der Waals surface area (Å²) in [6, 6.07) is 5.10. The number of nitrogens with one attached hydrogen (secondary N) is 1. The minimum absolute atomic E-state index is 0.0260. The molecule has 0 radical (unpaired) electrons. The Morgan fingerprint density at radius 3 is 2.43 bits per heavy atom. The molecule has 7 heteroatoms. The Hall–Kier alpha value is -1.44. The molecule has 0 saturated carbocycles. The van der Waals surface area contributed by atoms with E-state index in [0.717, 1.165) is 18.9 Å². The van der Waals surface area contributed by atoms with Crippen molar-refractivity contribution in [1.82, 2.24) is 4.72 Å². The van der Waals surface area contributed by atoms with Gasteiger partial charge in [0.15, 0.2) is 0 Å². The van der Waals surface area contributed by atoms with Crippen LogP contribution in [-0.2, 0) is 10.0 Å². The highest BCUT2D eigenvalue weighted by Crippen LogP contribution is 2.15. The fourth-order valence-electron chi connectivity index (χ4n) is 2.07. The molecule has 0 heterocycles. The van der Waals surface area contributed by atoms with Crippen LogP contribution in [0, 0.1) is 5.92 Å². The molecule has 0 spiro atoms. The number of aliphatic hydroxyl groups is 1. The van der Waals surface area contributed by atoms with Crippen LogP contribution in [-0.4, -0.2) is 37.2 Å². The predicted octanol–water partition coefficient (Wildman–Crippen LogP) is 1.46. The molecule has 0 amide bonds. The van der Waals surface area contributed by atoms with Crippen molar-refractivity contribution in [3.8, 4) is 0 Å². The molecule has 3 N–H and O–H groups in total. The van der Waals surface area contributed by atoms with E-state index < -0.39 is 22.1 Å². The van der Waals surface area contributed by atoms with Crippen LogP contribution in [0.1, 0.15) is 37.0 Å². The second-order valence-corrected chi connectivity index (χ2v) is 6.60. The summed E-state index contributed by atoms with van der Waals surface area (Å²) in [5, 5.41) is 18.8. The third kappa shape index (κ3) is 4.80. The highest BCUT2D eigenvalue weighted by molar-refractivity contribution is 7.89. The molecule has 1 rings (SSSR count). The van der Waals surface area contributed by atoms with Crippen molar-refractivity contribution in [3.63, 3.8) is 0 Å². The zero-order valence-electron chi connectivity index (χ0n) is 12.1. The van der Waals surface area contributed by atoms with E-state index in [-0.39, 0.29) is 22.9 Å². The topological polar surface area (TPSA) is 104 Å². The van der Waals surface area contributed by atoms with Crippen LogP contribution in [0.3, 0.4) is 0 Å². The largest absolute Gasteiger partial charge is 0.478 e. The lowest BCUT2D eigenvalue weighted by atomic mass is 9.97. The Labute approximate surface area is 124 Å². The van der Waals surface area contributed by atoms with E-state index in [1.165, 1.54) is 18.2 Å². The molecule has 1 unspecified atom stereocenters. The first-order valence-electron chi connectivity index (χ1n) is 6.82. The highest BCUT2D eigenvalue weighted by Gasteiger charge is 2.20. The fraction of sp³-hybridized carbons (Fsp3) is 0.500. The molecule has 0 saturated heterocycles. The van der Waals surface area contributed by atoms with Gasteiger partial charge in [-0.15, -0.1) is 0 Å². The summed E-state index contributed by atoms with van der Waals surface area (Å²) in [6.45, 7) is 3.77. The minimum Gasteiger partial charge on any atom is -0.478 e. The fourth-order valence-corrected chi connectivity index (χ4v) is 3.17. The van der Waals surface area contributed by atoms with Crippen molar-refractivity contribution < 1.29 is 23.4 Å². The summed E-state index contributed by atoms with van der Waals surface area (Å²) in [5.41, 5.74) is -0.0987. The van der Waals surface area contributed by atoms with Crippen molar-refractivity contribution in [2.45, 2.75) is 37.7 Å². The third-order valence-corrected chi connectivity index (χ3v) is 4.89. The number of rotatable bonds is 8. The van der Waals surface area contributed by atoms with Crippen molar-refractivity contribution >= 4 is 16.0 Å². The summed E-state index contributed by atoms with van der Waals surface area (Å²) in [4.78, 5) is 10.7. The molecule has 0 aliphatic heterocycles. The lowest BCUT2D eigenvalue weighted by molar-refractivity contribution is 0.0696. The van der Waals surface area contributed by atoms with Crippen LogP contribution in [0.2, 0.25) is 0 Å². The van der Waals surface area contributed by atoms with Gasteiger partial charge in [0.05, 0.1) is 16.6 Å². The van der Waals surface area contributed by atoms with Gasteiger partial charge in [0.1, 0.15) is 0 Å². The van der Waals surface area contributed by atoms with E-state index in [0.29, 0.717) is 0 Å². The SMILES string of the molecule is CCC(CC)C(O)CNS(=O)(=O)c1cccc(C(=O)O)c1. The smallest absolute Gasteiger partial charge is 0.335 e. The molecule has 118 valence electrons. The van der Waals surface area contributed by atoms with Gasteiger partial charge in [-0.3, -0.25) is 0 Å². The van der Waals surface area contributed by atoms with Crippen molar-refractivity contribution in [2.24, 2.45) is 5.92 Å². The van der Waals surface area contributed by atoms with E-state index in [4.69, 9.17) is 5.11 Å². The summed E-state index contributed by atoms with van der Waals surface area (Å²) < 4.78 is 26.5. The zero-order valence-corrected chi connectivity index (χ0v) is 12.9. The molecule has 1 aromatic rings. The maximum Gasteiger partial charge on any atom is 0.335 e. The molecule has 0 fully saturated rings. The maximum absolute atomic E-state index is 12.1. The highest BCUT2D eigenvalue weighted by atomic mass is 32.2. The predicted molar refractivity (Wildman–Crippen MR) is 78.7 cm³/mol. The van der Waals surface area contributed by atoms with Gasteiger partial charge in [-0.2, -0.15) is 0 Å². The summed E-state index contributed by atoms with van der Waals surface area (Å²) in [5.74, 6) is -1.16. The monoisotopic (exact) mass is 315 g/mol. The van der Waals surface area contributed by atoms with Gasteiger partial charge in [-0.25, -0.2) is 17.9 Å². The average Bonchev–Trinajstić information content (AvgIpc) is 2.46. The third-order valence-electron chi connectivity index (χ3n) is 3.47. The average molecular weight is 315 g/mol. The molecule has 0 bridgehead atoms. The second-order valence-electron chi connectivity index (χ2n) is 4.83. The maximum atomic E-state index is 12.1. The van der Waals surface area contributed by atoms with E-state index in [2.05, 4.69) is 4.72 Å². The van der Waals surface area contributed by atoms with Gasteiger partial charge < -0.3 is 10.2 Å². The van der Waals surface area contributed by atoms with Gasteiger partial charge in [0, 0.05) is 6.54 Å². The number of hydrogen-bond acceptors (Lipinski definition) is 4. The Bertz CT molecular complexity index is 581. The summed E-state index contributed by atoms with van der Waals surface area (Å²) in [7, 11) is -3.83. The first kappa shape index (κ1) is 17.6. The molecule has 1 aromatic carbocycles. The van der Waals surface area contributed by atoms with Crippen LogP contribution in [0.15, 0.2) is 29.2 Å². The van der Waals surface area contributed by atoms with Crippen LogP contribution in [0.4, 0.5) is 0 Å². The van der Waals surface area contributed by atoms with Crippen molar-refractivity contribution in [3.05, 3.63) is 29.8 Å². The van der Waals surface area contributed by atoms with Crippen molar-refractivity contribution in [2.75, 3.05) is 6.54 Å². The van der Waals surface area contributed by atoms with Crippen LogP contribution >= 0.6 is 0 Å². The molecule has 0 aliphatic rings. The summed E-state index contributed by atoms with van der Waals surface area (Å²) in [6.07, 6.45) is 0.749. The van der Waals surface area contributed by atoms with Crippen LogP contribution in [0.25, 0.3) is 0 Å². The first-order chi connectivity index (χ1) is 9.81. The van der Waals surface area contributed by atoms with Gasteiger partial charge in [0.25, 0.3) is 0 Å². The number of aromatic carboxylic acids is 1. The standard InChI is InChI=1S/C14H21NO5S/c1-3-10(4-2)13(16)9-15-21(19,20)12-7-5-6-11(8-12)14(17)18/h5-8,10,13,15-16H,3-4,9H2,1-2H3,(H,17,18). The van der Waals surface area contributed by atoms with Gasteiger partial charge in [0.2, 0.25) is 10.0 Å². The van der Waals surface area contributed by atoms with Gasteiger partial charge in [-0.1, -0.05) is 32.8 Å². The minimum atomic E-state index is -3.83.